The van der Waals surface area contributed by atoms with Gasteiger partial charge in [0.25, 0.3) is 0 Å². The second-order valence-corrected chi connectivity index (χ2v) is 7.86. The lowest BCUT2D eigenvalue weighted by Crippen LogP contribution is -2.39. The molecular weight excluding hydrogens is 361 g/mol. The van der Waals surface area contributed by atoms with Gasteiger partial charge >= 0.3 is 0 Å². The summed E-state index contributed by atoms with van der Waals surface area (Å²) in [5, 5.41) is 0. The Labute approximate surface area is 173 Å². The highest BCUT2D eigenvalue weighted by molar-refractivity contribution is 5.89. The molecule has 3 rings (SSSR count). The Hall–Kier alpha value is -2.90. The summed E-state index contributed by atoms with van der Waals surface area (Å²) in [6.45, 7) is 9.47. The SMILES string of the molecule is C=CC1=C(N(C)C2=C=CC=CC=C2C)CCC(C(C)=O)(c2cccc(F)c2C)C1. The molecule has 0 aliphatic heterocycles. The molecule has 0 bridgehead atoms. The number of halogens is 1. The molecule has 2 aliphatic carbocycles. The van der Waals surface area contributed by atoms with Crippen LogP contribution in [0, 0.1) is 12.7 Å². The second-order valence-electron chi connectivity index (χ2n) is 7.86. The van der Waals surface area contributed by atoms with Gasteiger partial charge in [-0.3, -0.25) is 4.79 Å². The summed E-state index contributed by atoms with van der Waals surface area (Å²) in [6, 6.07) is 5.04. The normalized spacial score (nSPS) is 21.4. The second kappa shape index (κ2) is 8.23. The Morgan fingerprint density at radius 2 is 2.07 bits per heavy atom. The van der Waals surface area contributed by atoms with E-state index in [1.54, 1.807) is 19.9 Å². The minimum atomic E-state index is -0.722. The topological polar surface area (TPSA) is 20.3 Å². The summed E-state index contributed by atoms with van der Waals surface area (Å²) in [5.74, 6) is -0.196. The summed E-state index contributed by atoms with van der Waals surface area (Å²) < 4.78 is 14.3. The first-order valence-corrected chi connectivity index (χ1v) is 9.97. The maximum atomic E-state index is 14.3. The van der Waals surface area contributed by atoms with Crippen molar-refractivity contribution in [1.29, 1.82) is 0 Å². The van der Waals surface area contributed by atoms with E-state index in [4.69, 9.17) is 0 Å². The highest BCUT2D eigenvalue weighted by atomic mass is 19.1. The molecule has 0 radical (unpaired) electrons. The molecule has 0 saturated heterocycles. The average Bonchev–Trinajstić information content (AvgIpc) is 2.93. The molecule has 29 heavy (non-hydrogen) atoms. The molecule has 0 spiro atoms. The maximum absolute atomic E-state index is 14.3. The Bertz CT molecular complexity index is 1020. The van der Waals surface area contributed by atoms with Gasteiger partial charge in [-0.15, -0.1) is 0 Å². The number of ketones is 1. The number of allylic oxidation sites excluding steroid dienone is 7. The Morgan fingerprint density at radius 1 is 1.31 bits per heavy atom. The third-order valence-corrected chi connectivity index (χ3v) is 6.24. The van der Waals surface area contributed by atoms with Crippen molar-refractivity contribution in [2.45, 2.75) is 45.4 Å². The van der Waals surface area contributed by atoms with E-state index in [0.717, 1.165) is 28.1 Å². The van der Waals surface area contributed by atoms with Crippen molar-refractivity contribution in [2.24, 2.45) is 0 Å². The summed E-state index contributed by atoms with van der Waals surface area (Å²) >= 11 is 0. The van der Waals surface area contributed by atoms with Gasteiger partial charge in [-0.05, 0) is 74.4 Å². The molecule has 0 amide bonds. The lowest BCUT2D eigenvalue weighted by atomic mass is 9.65. The lowest BCUT2D eigenvalue weighted by molar-refractivity contribution is -0.123. The molecule has 0 saturated carbocycles. The first-order chi connectivity index (χ1) is 13.8. The molecule has 2 nitrogen and oxygen atoms in total. The zero-order chi connectivity index (χ0) is 21.2. The van der Waals surface area contributed by atoms with Gasteiger partial charge in [-0.2, -0.15) is 0 Å². The van der Waals surface area contributed by atoms with Crippen LogP contribution in [0.3, 0.4) is 0 Å². The zero-order valence-corrected chi connectivity index (χ0v) is 17.7. The molecule has 1 aromatic carbocycles. The van der Waals surface area contributed by atoms with Gasteiger partial charge in [-0.25, -0.2) is 4.39 Å². The molecule has 2 aliphatic rings. The Balaban J connectivity index is 2.08. The van der Waals surface area contributed by atoms with E-state index in [9.17, 15) is 9.18 Å². The summed E-state index contributed by atoms with van der Waals surface area (Å²) in [7, 11) is 2.03. The number of carbonyl (C=O) groups is 1. The molecule has 150 valence electrons. The summed E-state index contributed by atoms with van der Waals surface area (Å²) in [4.78, 5) is 15.0. The van der Waals surface area contributed by atoms with Gasteiger partial charge in [0.2, 0.25) is 0 Å². The predicted octanol–water partition coefficient (Wildman–Crippen LogP) is 6.07. The van der Waals surface area contributed by atoms with E-state index in [1.807, 2.05) is 37.4 Å². The van der Waals surface area contributed by atoms with Crippen LogP contribution in [0.5, 0.6) is 0 Å². The standard InChI is InChI=1S/C26H28FNO/c1-6-21-17-26(20(4)29,22-12-10-13-23(27)19(22)3)16-15-25(21)28(5)24-14-9-7-8-11-18(24)2/h6-13H,1,15-17H2,2-5H3. The first-order valence-electron chi connectivity index (χ1n) is 9.97. The number of nitrogens with zero attached hydrogens (tertiary/aromatic N) is 1. The van der Waals surface area contributed by atoms with Crippen molar-refractivity contribution in [3.63, 3.8) is 0 Å². The van der Waals surface area contributed by atoms with E-state index in [2.05, 4.69) is 30.2 Å². The highest BCUT2D eigenvalue weighted by Gasteiger charge is 2.42. The van der Waals surface area contributed by atoms with Gasteiger partial charge in [0.05, 0.1) is 11.1 Å². The van der Waals surface area contributed by atoms with Crippen molar-refractivity contribution in [1.82, 2.24) is 4.90 Å². The van der Waals surface area contributed by atoms with Gasteiger partial charge < -0.3 is 4.90 Å². The quantitative estimate of drug-likeness (QED) is 0.570. The van der Waals surface area contributed by atoms with Crippen LogP contribution in [-0.2, 0) is 10.2 Å². The Kier molecular flexibility index (Phi) is 5.91. The summed E-state index contributed by atoms with van der Waals surface area (Å²) in [6.07, 6.45) is 11.6. The zero-order valence-electron chi connectivity index (χ0n) is 17.7. The number of benzene rings is 1. The molecule has 0 N–H and O–H groups in total. The third kappa shape index (κ3) is 3.71. The van der Waals surface area contributed by atoms with Crippen molar-refractivity contribution < 1.29 is 9.18 Å². The first kappa shape index (κ1) is 20.8. The van der Waals surface area contributed by atoms with E-state index in [-0.39, 0.29) is 11.6 Å². The number of Topliss-reactive ketones (excluding diaryl/α,β-unsaturated/α-hetero) is 1. The van der Waals surface area contributed by atoms with Gasteiger partial charge in [0.15, 0.2) is 0 Å². The fourth-order valence-electron chi connectivity index (χ4n) is 4.50. The molecule has 1 aromatic rings. The number of hydrogen-bond acceptors (Lipinski definition) is 2. The molecule has 0 fully saturated rings. The van der Waals surface area contributed by atoms with Gasteiger partial charge in [0.1, 0.15) is 11.6 Å². The fraction of sp³-hybridized carbons (Fsp3) is 0.308. The molecule has 1 atom stereocenters. The summed E-state index contributed by atoms with van der Waals surface area (Å²) in [5.41, 5.74) is 8.25. The van der Waals surface area contributed by atoms with E-state index < -0.39 is 5.41 Å². The smallest absolute Gasteiger partial charge is 0.140 e. The molecule has 0 aromatic heterocycles. The lowest BCUT2D eigenvalue weighted by Gasteiger charge is -2.40. The monoisotopic (exact) mass is 389 g/mol. The van der Waals surface area contributed by atoms with Gasteiger partial charge in [-0.1, -0.05) is 48.7 Å². The van der Waals surface area contributed by atoms with Crippen LogP contribution in [0.15, 0.2) is 83.4 Å². The van der Waals surface area contributed by atoms with Crippen LogP contribution in [0.25, 0.3) is 0 Å². The van der Waals surface area contributed by atoms with Crippen LogP contribution in [0.4, 0.5) is 4.39 Å². The van der Waals surface area contributed by atoms with Crippen LogP contribution >= 0.6 is 0 Å². The average molecular weight is 390 g/mol. The van der Waals surface area contributed by atoms with Crippen LogP contribution in [0.1, 0.15) is 44.2 Å². The fourth-order valence-corrected chi connectivity index (χ4v) is 4.50. The molecular formula is C26H28FNO. The molecule has 3 heteroatoms. The van der Waals surface area contributed by atoms with E-state index in [1.165, 1.54) is 6.07 Å². The van der Waals surface area contributed by atoms with E-state index in [0.29, 0.717) is 24.8 Å². The minimum Gasteiger partial charge on any atom is -0.341 e. The number of likely N-dealkylation sites (N-methyl/N-ethyl adjacent to an activating group) is 1. The number of hydrogen-bond donors (Lipinski definition) is 0. The van der Waals surface area contributed by atoms with Crippen LogP contribution < -0.4 is 0 Å². The maximum Gasteiger partial charge on any atom is 0.140 e. The van der Waals surface area contributed by atoms with Crippen LogP contribution in [0.2, 0.25) is 0 Å². The number of carbonyl (C=O) groups excluding carboxylic acids is 1. The molecule has 1 unspecified atom stereocenters. The minimum absolute atomic E-state index is 0.0705. The third-order valence-electron chi connectivity index (χ3n) is 6.24. The largest absolute Gasteiger partial charge is 0.341 e. The Morgan fingerprint density at radius 3 is 2.76 bits per heavy atom. The van der Waals surface area contributed by atoms with Gasteiger partial charge in [0, 0.05) is 12.7 Å². The van der Waals surface area contributed by atoms with Crippen molar-refractivity contribution in [3.05, 3.63) is 100 Å². The number of rotatable bonds is 5. The van der Waals surface area contributed by atoms with Crippen LogP contribution in [-0.4, -0.2) is 17.7 Å². The van der Waals surface area contributed by atoms with Crippen molar-refractivity contribution in [3.8, 4) is 0 Å². The van der Waals surface area contributed by atoms with E-state index >= 15 is 0 Å². The van der Waals surface area contributed by atoms with Crippen molar-refractivity contribution >= 4 is 5.78 Å². The molecule has 0 heterocycles. The predicted molar refractivity (Wildman–Crippen MR) is 117 cm³/mol. The highest BCUT2D eigenvalue weighted by Crippen LogP contribution is 2.45. The van der Waals surface area contributed by atoms with Crippen molar-refractivity contribution in [2.75, 3.05) is 7.05 Å².